The Labute approximate surface area is 160 Å². The molecule has 0 saturated heterocycles. The summed E-state index contributed by atoms with van der Waals surface area (Å²) in [6.45, 7) is 3.96. The number of aliphatic carboxylic acids is 2. The van der Waals surface area contributed by atoms with Gasteiger partial charge in [0, 0.05) is 0 Å². The fraction of sp³-hybridized carbons (Fsp3) is 0.100. The molecule has 0 aliphatic rings. The molecule has 0 bridgehead atoms. The van der Waals surface area contributed by atoms with E-state index >= 15 is 0 Å². The van der Waals surface area contributed by atoms with Crippen LogP contribution < -0.4 is 10.2 Å². The zero-order chi connectivity index (χ0) is 17.9. The zero-order valence-corrected chi connectivity index (χ0v) is 17.2. The second-order valence-corrected chi connectivity index (χ2v) is 5.13. The molecule has 124 valence electrons. The third-order valence-corrected chi connectivity index (χ3v) is 2.98. The number of carboxylic acid groups (broad SMARTS) is 2. The van der Waals surface area contributed by atoms with Gasteiger partial charge in [0.2, 0.25) is 0 Å². The van der Waals surface area contributed by atoms with Gasteiger partial charge in [0.05, 0.1) is 11.9 Å². The maximum absolute atomic E-state index is 10.0. The van der Waals surface area contributed by atoms with E-state index < -0.39 is 11.9 Å². The van der Waals surface area contributed by atoms with Gasteiger partial charge in [0.25, 0.3) is 0 Å². The minimum Gasteiger partial charge on any atom is -0.545 e. The Morgan fingerprint density at radius 2 is 0.960 bits per heavy atom. The molecular formula is C20H18O4Zn. The van der Waals surface area contributed by atoms with Crippen molar-refractivity contribution in [1.29, 1.82) is 0 Å². The van der Waals surface area contributed by atoms with E-state index in [4.69, 9.17) is 0 Å². The number of carbonyl (C=O) groups is 2. The van der Waals surface area contributed by atoms with Crippen molar-refractivity contribution in [2.24, 2.45) is 0 Å². The summed E-state index contributed by atoms with van der Waals surface area (Å²) in [6, 6.07) is 15.1. The van der Waals surface area contributed by atoms with Crippen LogP contribution in [0.2, 0.25) is 0 Å². The Morgan fingerprint density at radius 1 is 0.680 bits per heavy atom. The molecule has 0 N–H and O–H groups in total. The van der Waals surface area contributed by atoms with E-state index in [0.717, 1.165) is 34.4 Å². The Hall–Kier alpha value is -2.52. The van der Waals surface area contributed by atoms with Gasteiger partial charge < -0.3 is 19.8 Å². The molecule has 0 aliphatic heterocycles. The molecule has 2 rings (SSSR count). The molecule has 0 spiro atoms. The van der Waals surface area contributed by atoms with E-state index in [0.29, 0.717) is 0 Å². The van der Waals surface area contributed by atoms with Crippen molar-refractivity contribution < 1.29 is 39.3 Å². The minimum absolute atomic E-state index is 0. The van der Waals surface area contributed by atoms with Crippen LogP contribution in [0.4, 0.5) is 0 Å². The van der Waals surface area contributed by atoms with Crippen molar-refractivity contribution in [1.82, 2.24) is 0 Å². The summed E-state index contributed by atoms with van der Waals surface area (Å²) in [5.74, 6) is -2.34. The topological polar surface area (TPSA) is 80.3 Å². The van der Waals surface area contributed by atoms with Crippen LogP contribution in [-0.4, -0.2) is 11.9 Å². The van der Waals surface area contributed by atoms with Gasteiger partial charge in [-0.15, -0.1) is 0 Å². The molecule has 5 heteroatoms. The smallest absolute Gasteiger partial charge is 0.545 e. The number of carbonyl (C=O) groups excluding carboxylic acids is 2. The van der Waals surface area contributed by atoms with Gasteiger partial charge in [-0.3, -0.25) is 0 Å². The van der Waals surface area contributed by atoms with Crippen molar-refractivity contribution in [3.8, 4) is 0 Å². The maximum atomic E-state index is 10.0. The molecule has 0 saturated carbocycles. The molecule has 25 heavy (non-hydrogen) atoms. The van der Waals surface area contributed by atoms with E-state index in [9.17, 15) is 19.8 Å². The van der Waals surface area contributed by atoms with E-state index in [1.807, 2.05) is 62.4 Å². The maximum Gasteiger partial charge on any atom is 2.00 e. The van der Waals surface area contributed by atoms with Crippen LogP contribution in [0, 0.1) is 13.8 Å². The van der Waals surface area contributed by atoms with E-state index in [2.05, 4.69) is 0 Å². The zero-order valence-electron chi connectivity index (χ0n) is 14.3. The fourth-order valence-electron chi connectivity index (χ4n) is 1.68. The molecule has 0 atom stereocenters. The summed E-state index contributed by atoms with van der Waals surface area (Å²) in [7, 11) is 0. The minimum atomic E-state index is -1.17. The van der Waals surface area contributed by atoms with Crippen molar-refractivity contribution in [2.75, 3.05) is 0 Å². The van der Waals surface area contributed by atoms with Crippen LogP contribution >= 0.6 is 0 Å². The number of hydrogen-bond donors (Lipinski definition) is 0. The number of carboxylic acids is 2. The van der Waals surface area contributed by atoms with Gasteiger partial charge in [-0.1, -0.05) is 71.8 Å². The summed E-state index contributed by atoms with van der Waals surface area (Å²) in [5.41, 5.74) is 4.04. The average Bonchev–Trinajstić information content (AvgIpc) is 2.54. The van der Waals surface area contributed by atoms with Crippen LogP contribution in [0.15, 0.2) is 60.7 Å². The molecule has 0 heterocycles. The quantitative estimate of drug-likeness (QED) is 0.588. The normalized spacial score (nSPS) is 10.0. The van der Waals surface area contributed by atoms with Gasteiger partial charge >= 0.3 is 19.5 Å². The summed E-state index contributed by atoms with van der Waals surface area (Å²) in [4.78, 5) is 20.1. The number of benzene rings is 2. The first kappa shape index (κ1) is 22.5. The molecule has 0 aromatic heterocycles. The third-order valence-electron chi connectivity index (χ3n) is 2.98. The average molecular weight is 388 g/mol. The monoisotopic (exact) mass is 386 g/mol. The Morgan fingerprint density at radius 3 is 1.20 bits per heavy atom. The third kappa shape index (κ3) is 10.8. The summed E-state index contributed by atoms with van der Waals surface area (Å²) < 4.78 is 0. The van der Waals surface area contributed by atoms with Gasteiger partial charge in [0.1, 0.15) is 0 Å². The predicted molar refractivity (Wildman–Crippen MR) is 90.4 cm³/mol. The van der Waals surface area contributed by atoms with Crippen molar-refractivity contribution >= 4 is 24.1 Å². The van der Waals surface area contributed by atoms with Crippen molar-refractivity contribution in [3.63, 3.8) is 0 Å². The number of rotatable bonds is 4. The first-order chi connectivity index (χ1) is 11.4. The van der Waals surface area contributed by atoms with Crippen LogP contribution in [-0.2, 0) is 29.1 Å². The molecule has 2 aromatic rings. The molecular weight excluding hydrogens is 370 g/mol. The molecule has 0 fully saturated rings. The molecule has 0 aliphatic carbocycles. The van der Waals surface area contributed by atoms with E-state index in [1.165, 1.54) is 12.2 Å². The molecule has 2 aromatic carbocycles. The van der Waals surface area contributed by atoms with Crippen LogP contribution in [0.3, 0.4) is 0 Å². The Bertz CT molecular complexity index is 664. The second-order valence-electron chi connectivity index (χ2n) is 5.13. The van der Waals surface area contributed by atoms with Gasteiger partial charge in [-0.05, 0) is 37.1 Å². The molecule has 4 nitrogen and oxygen atoms in total. The van der Waals surface area contributed by atoms with Crippen LogP contribution in [0.1, 0.15) is 22.3 Å². The molecule has 0 amide bonds. The van der Waals surface area contributed by atoms with Gasteiger partial charge in [-0.2, -0.15) is 0 Å². The summed E-state index contributed by atoms with van der Waals surface area (Å²) in [5, 5.41) is 20.1. The standard InChI is InChI=1S/2C10H10O2.Zn/c2*1-8-2-4-9(5-3-8)6-7-10(11)12;/h2*2-7H,1H3,(H,11,12);/q;;+2/p-2/b2*7-6+;. The summed E-state index contributed by atoms with van der Waals surface area (Å²) in [6.07, 6.45) is 5.05. The van der Waals surface area contributed by atoms with Crippen LogP contribution in [0.25, 0.3) is 12.2 Å². The SMILES string of the molecule is Cc1ccc(/C=C/C(=O)[O-])cc1.Cc1ccc(/C=C/C(=O)[O-])cc1.[Zn+2]. The van der Waals surface area contributed by atoms with E-state index in [1.54, 1.807) is 0 Å². The second kappa shape index (κ2) is 11.9. The van der Waals surface area contributed by atoms with Gasteiger partial charge in [-0.25, -0.2) is 0 Å². The predicted octanol–water partition coefficient (Wildman–Crippen LogP) is 1.51. The number of aryl methyl sites for hydroxylation is 2. The van der Waals surface area contributed by atoms with Crippen LogP contribution in [0.5, 0.6) is 0 Å². The van der Waals surface area contributed by atoms with E-state index in [-0.39, 0.29) is 19.5 Å². The van der Waals surface area contributed by atoms with Gasteiger partial charge in [0.15, 0.2) is 0 Å². The first-order valence-electron chi connectivity index (χ1n) is 7.28. The Kier molecular flexibility index (Phi) is 10.7. The first-order valence-corrected chi connectivity index (χ1v) is 7.28. The number of hydrogen-bond acceptors (Lipinski definition) is 4. The summed E-state index contributed by atoms with van der Waals surface area (Å²) >= 11 is 0. The van der Waals surface area contributed by atoms with Crippen molar-refractivity contribution in [2.45, 2.75) is 13.8 Å². The fourth-order valence-corrected chi connectivity index (χ4v) is 1.68. The molecule has 0 radical (unpaired) electrons. The van der Waals surface area contributed by atoms with Crippen molar-refractivity contribution in [3.05, 3.63) is 82.9 Å². The Balaban J connectivity index is 0.000000443. The molecule has 0 unspecified atom stereocenters. The largest absolute Gasteiger partial charge is 2.00 e.